The summed E-state index contributed by atoms with van der Waals surface area (Å²) >= 11 is 19.7. The summed E-state index contributed by atoms with van der Waals surface area (Å²) in [6.07, 6.45) is 0. The lowest BCUT2D eigenvalue weighted by Crippen LogP contribution is -2.19. The van der Waals surface area contributed by atoms with Gasteiger partial charge >= 0.3 is 11.6 Å². The quantitative estimate of drug-likeness (QED) is 0.112. The van der Waals surface area contributed by atoms with E-state index in [1.165, 1.54) is 14.2 Å². The van der Waals surface area contributed by atoms with E-state index in [-0.39, 0.29) is 33.1 Å². The minimum absolute atomic E-state index is 0.000175. The van der Waals surface area contributed by atoms with E-state index >= 15 is 0 Å². The maximum absolute atomic E-state index is 12.6. The molecule has 12 heteroatoms. The Kier molecular flexibility index (Phi) is 7.85. The molecular formula is C24H17Cl3N2O6S. The lowest BCUT2D eigenvalue weighted by atomic mass is 10.0. The number of esters is 1. The van der Waals surface area contributed by atoms with Gasteiger partial charge in [-0.15, -0.1) is 0 Å². The standard InChI is InChI=1S/C24H17Cl3N2O6S/c1-11-15(34-10-12-6-4-5-7-13(12)19(28-33-3)24(31)32-2)9-8-14-16(17(25)23(30)35-20(11)14)21-18(26)22(27)29-36-21/h4-9H,10H2,1-3H3/b28-19+. The number of rotatable bonds is 7. The molecule has 2 aromatic carbocycles. The Morgan fingerprint density at radius 1 is 1.11 bits per heavy atom. The number of carbonyl (C=O) groups excluding carboxylic acids is 1. The SMILES string of the molecule is CO/N=C(/C(=O)OC)c1ccccc1COc1ccc2c(-c3snc(Cl)c3Cl)c(Cl)c(=O)oc2c1C. The summed E-state index contributed by atoms with van der Waals surface area (Å²) in [5.41, 5.74) is 1.64. The van der Waals surface area contributed by atoms with Crippen LogP contribution in [0.15, 0.2) is 50.8 Å². The van der Waals surface area contributed by atoms with Gasteiger partial charge in [0.25, 0.3) is 0 Å². The third-order valence-corrected chi connectivity index (χ3v) is 7.42. The lowest BCUT2D eigenvalue weighted by Gasteiger charge is -2.15. The third-order valence-electron chi connectivity index (χ3n) is 5.26. The molecule has 0 N–H and O–H groups in total. The normalized spacial score (nSPS) is 11.6. The molecule has 0 aliphatic carbocycles. The Labute approximate surface area is 224 Å². The maximum atomic E-state index is 12.6. The van der Waals surface area contributed by atoms with Crippen molar-refractivity contribution < 1.29 is 23.5 Å². The highest BCUT2D eigenvalue weighted by Gasteiger charge is 2.23. The van der Waals surface area contributed by atoms with Crippen LogP contribution in [0.3, 0.4) is 0 Å². The number of aromatic nitrogens is 1. The van der Waals surface area contributed by atoms with Crippen molar-refractivity contribution in [1.82, 2.24) is 4.37 Å². The molecule has 0 unspecified atom stereocenters. The fourth-order valence-electron chi connectivity index (χ4n) is 3.57. The first kappa shape index (κ1) is 26.0. The van der Waals surface area contributed by atoms with Crippen molar-refractivity contribution >= 4 is 69.0 Å². The highest BCUT2D eigenvalue weighted by Crippen LogP contribution is 2.44. The first-order valence-corrected chi connectivity index (χ1v) is 12.2. The highest BCUT2D eigenvalue weighted by molar-refractivity contribution is 7.11. The van der Waals surface area contributed by atoms with Crippen LogP contribution in [-0.4, -0.2) is 30.3 Å². The van der Waals surface area contributed by atoms with Gasteiger partial charge in [0.15, 0.2) is 10.9 Å². The lowest BCUT2D eigenvalue weighted by molar-refractivity contribution is -0.132. The highest BCUT2D eigenvalue weighted by atomic mass is 35.5. The monoisotopic (exact) mass is 566 g/mol. The topological polar surface area (TPSA) is 100 Å². The van der Waals surface area contributed by atoms with E-state index in [1.54, 1.807) is 43.3 Å². The van der Waals surface area contributed by atoms with Crippen molar-refractivity contribution in [2.24, 2.45) is 5.16 Å². The van der Waals surface area contributed by atoms with Gasteiger partial charge in [-0.25, -0.2) is 9.59 Å². The molecule has 0 aliphatic heterocycles. The number of fused-ring (bicyclic) bond motifs is 1. The van der Waals surface area contributed by atoms with Crippen molar-refractivity contribution in [1.29, 1.82) is 0 Å². The second-order valence-electron chi connectivity index (χ2n) is 7.32. The van der Waals surface area contributed by atoms with Crippen molar-refractivity contribution in [2.45, 2.75) is 13.5 Å². The van der Waals surface area contributed by atoms with Crippen LogP contribution in [0.4, 0.5) is 0 Å². The first-order valence-electron chi connectivity index (χ1n) is 10.3. The van der Waals surface area contributed by atoms with Crippen molar-refractivity contribution in [3.8, 4) is 16.2 Å². The average Bonchev–Trinajstić information content (AvgIpc) is 3.21. The molecule has 0 spiro atoms. The summed E-state index contributed by atoms with van der Waals surface area (Å²) in [7, 11) is 2.59. The molecule has 0 saturated carbocycles. The van der Waals surface area contributed by atoms with Crippen LogP contribution in [0.25, 0.3) is 21.4 Å². The molecule has 0 bridgehead atoms. The van der Waals surface area contributed by atoms with E-state index in [4.69, 9.17) is 53.5 Å². The van der Waals surface area contributed by atoms with Gasteiger partial charge in [-0.3, -0.25) is 0 Å². The number of halogens is 3. The number of benzene rings is 2. The smallest absolute Gasteiger partial charge is 0.360 e. The second kappa shape index (κ2) is 10.9. The maximum Gasteiger partial charge on any atom is 0.360 e. The molecular weight excluding hydrogens is 551 g/mol. The van der Waals surface area contributed by atoms with Gasteiger partial charge < -0.3 is 18.7 Å². The van der Waals surface area contributed by atoms with Crippen LogP contribution < -0.4 is 10.4 Å². The van der Waals surface area contributed by atoms with Crippen molar-refractivity contribution in [3.63, 3.8) is 0 Å². The summed E-state index contributed by atoms with van der Waals surface area (Å²) in [4.78, 5) is 30.1. The predicted molar refractivity (Wildman–Crippen MR) is 140 cm³/mol. The number of nitrogens with zero attached hydrogens (tertiary/aromatic N) is 2. The van der Waals surface area contributed by atoms with Crippen molar-refractivity contribution in [2.75, 3.05) is 14.2 Å². The van der Waals surface area contributed by atoms with Gasteiger partial charge in [-0.1, -0.05) is 64.2 Å². The number of hydrogen-bond acceptors (Lipinski definition) is 9. The average molecular weight is 568 g/mol. The fourth-order valence-corrected chi connectivity index (χ4v) is 5.15. The minimum Gasteiger partial charge on any atom is -0.488 e. The number of methoxy groups -OCH3 is 1. The summed E-state index contributed by atoms with van der Waals surface area (Å²) in [6, 6.07) is 10.5. The van der Waals surface area contributed by atoms with E-state index in [9.17, 15) is 9.59 Å². The number of ether oxygens (including phenoxy) is 2. The van der Waals surface area contributed by atoms with Crippen LogP contribution in [0, 0.1) is 6.92 Å². The Hall–Kier alpha value is -3.11. The molecule has 8 nitrogen and oxygen atoms in total. The molecule has 2 heterocycles. The summed E-state index contributed by atoms with van der Waals surface area (Å²) < 4.78 is 20.4. The summed E-state index contributed by atoms with van der Waals surface area (Å²) in [5, 5.41) is 4.54. The van der Waals surface area contributed by atoms with Crippen LogP contribution in [0.5, 0.6) is 5.75 Å². The molecule has 36 heavy (non-hydrogen) atoms. The van der Waals surface area contributed by atoms with Gasteiger partial charge in [0.1, 0.15) is 30.1 Å². The third kappa shape index (κ3) is 4.79. The zero-order chi connectivity index (χ0) is 26.0. The second-order valence-corrected chi connectivity index (χ2v) is 9.21. The molecule has 0 saturated heterocycles. The molecule has 0 aliphatic rings. The Morgan fingerprint density at radius 2 is 1.86 bits per heavy atom. The largest absolute Gasteiger partial charge is 0.488 e. The van der Waals surface area contributed by atoms with Gasteiger partial charge in [-0.2, -0.15) is 4.37 Å². The van der Waals surface area contributed by atoms with E-state index in [1.807, 2.05) is 0 Å². The Morgan fingerprint density at radius 3 is 2.53 bits per heavy atom. The van der Waals surface area contributed by atoms with Gasteiger partial charge in [0, 0.05) is 22.1 Å². The van der Waals surface area contributed by atoms with E-state index in [2.05, 4.69) is 9.53 Å². The minimum atomic E-state index is -0.733. The molecule has 186 valence electrons. The Bertz CT molecular complexity index is 1560. The van der Waals surface area contributed by atoms with Crippen LogP contribution in [0.2, 0.25) is 15.2 Å². The van der Waals surface area contributed by atoms with Crippen molar-refractivity contribution in [3.05, 3.63) is 78.7 Å². The zero-order valence-electron chi connectivity index (χ0n) is 19.1. The molecule has 4 rings (SSSR count). The van der Waals surface area contributed by atoms with Crippen LogP contribution >= 0.6 is 46.3 Å². The molecule has 0 atom stereocenters. The fraction of sp³-hybridized carbons (Fsp3) is 0.167. The van der Waals surface area contributed by atoms with E-state index < -0.39 is 11.6 Å². The van der Waals surface area contributed by atoms with Gasteiger partial charge in [0.05, 0.1) is 17.0 Å². The summed E-state index contributed by atoms with van der Waals surface area (Å²) in [5.74, 6) is -0.204. The number of aryl methyl sites for hydroxylation is 1. The van der Waals surface area contributed by atoms with Crippen LogP contribution in [-0.2, 0) is 21.0 Å². The molecule has 0 fully saturated rings. The molecule has 2 aromatic heterocycles. The van der Waals surface area contributed by atoms with Crippen LogP contribution in [0.1, 0.15) is 16.7 Å². The molecule has 0 amide bonds. The number of carbonyl (C=O) groups is 1. The summed E-state index contributed by atoms with van der Waals surface area (Å²) in [6.45, 7) is 1.82. The zero-order valence-corrected chi connectivity index (χ0v) is 22.1. The number of oxime groups is 1. The van der Waals surface area contributed by atoms with E-state index in [0.717, 1.165) is 11.5 Å². The van der Waals surface area contributed by atoms with Gasteiger partial charge in [-0.05, 0) is 36.2 Å². The van der Waals surface area contributed by atoms with Gasteiger partial charge in [0.2, 0.25) is 0 Å². The Balaban J connectivity index is 1.75. The predicted octanol–water partition coefficient (Wildman–Crippen LogP) is 6.29. The van der Waals surface area contributed by atoms with E-state index in [0.29, 0.717) is 38.3 Å². The molecule has 4 aromatic rings. The number of hydrogen-bond donors (Lipinski definition) is 0. The first-order chi connectivity index (χ1) is 17.3. The molecule has 0 radical (unpaired) electrons.